The van der Waals surface area contributed by atoms with E-state index in [0.29, 0.717) is 51.8 Å². The number of piperazine rings is 1. The molecule has 12 nitrogen and oxygen atoms in total. The van der Waals surface area contributed by atoms with Gasteiger partial charge in [-0.1, -0.05) is 5.92 Å². The van der Waals surface area contributed by atoms with Crippen LogP contribution >= 0.6 is 0 Å². The first kappa shape index (κ1) is 27.4. The maximum absolute atomic E-state index is 13.7. The number of terminal acetylenes is 1. The molecule has 42 heavy (non-hydrogen) atoms. The van der Waals surface area contributed by atoms with Gasteiger partial charge in [-0.3, -0.25) is 9.59 Å². The van der Waals surface area contributed by atoms with Crippen molar-refractivity contribution in [3.05, 3.63) is 77.7 Å². The Morgan fingerprint density at radius 3 is 2.67 bits per heavy atom. The first-order valence-electron chi connectivity index (χ1n) is 13.4. The number of hydrogen-bond donors (Lipinski definition) is 1. The lowest BCUT2D eigenvalue weighted by atomic mass is 10.1. The number of pyridine rings is 1. The Morgan fingerprint density at radius 2 is 1.95 bits per heavy atom. The van der Waals surface area contributed by atoms with E-state index in [1.54, 1.807) is 47.4 Å². The third-order valence-electron chi connectivity index (χ3n) is 7.65. The number of amides is 2. The quantitative estimate of drug-likeness (QED) is 0.204. The zero-order valence-corrected chi connectivity index (χ0v) is 23.3. The van der Waals surface area contributed by atoms with Crippen LogP contribution in [-0.2, 0) is 14.8 Å². The van der Waals surface area contributed by atoms with Gasteiger partial charge in [0.2, 0.25) is 17.4 Å². The van der Waals surface area contributed by atoms with Crippen molar-refractivity contribution in [3.63, 3.8) is 0 Å². The van der Waals surface area contributed by atoms with Crippen LogP contribution in [0.5, 0.6) is 0 Å². The molecule has 2 aliphatic heterocycles. The largest absolute Gasteiger partial charge is 0.618 e. The van der Waals surface area contributed by atoms with Crippen LogP contribution in [0.4, 0.5) is 0 Å². The van der Waals surface area contributed by atoms with Gasteiger partial charge in [-0.05, 0) is 36.8 Å². The molecule has 0 aliphatic carbocycles. The zero-order valence-electron chi connectivity index (χ0n) is 22.5. The number of fused-ring (bicyclic) bond motifs is 1. The molecule has 1 N–H and O–H groups in total. The van der Waals surface area contributed by atoms with Crippen LogP contribution in [0.1, 0.15) is 29.0 Å². The summed E-state index contributed by atoms with van der Waals surface area (Å²) in [6.45, 7) is 0.841. The molecule has 0 radical (unpaired) electrons. The number of sulfonamides is 1. The molecule has 0 saturated carbocycles. The van der Waals surface area contributed by atoms with Gasteiger partial charge >= 0.3 is 0 Å². The van der Waals surface area contributed by atoms with E-state index in [-0.39, 0.29) is 42.9 Å². The smallest absolute Gasteiger partial charge is 0.292 e. The summed E-state index contributed by atoms with van der Waals surface area (Å²) in [5, 5.41) is 12.8. The van der Waals surface area contributed by atoms with Crippen molar-refractivity contribution in [2.24, 2.45) is 0 Å². The summed E-state index contributed by atoms with van der Waals surface area (Å²) in [4.78, 5) is 40.7. The highest BCUT2D eigenvalue weighted by Gasteiger charge is 2.39. The molecule has 4 aromatic rings. The molecule has 0 spiro atoms. The summed E-state index contributed by atoms with van der Waals surface area (Å²) in [6, 6.07) is 11.1. The summed E-state index contributed by atoms with van der Waals surface area (Å²) >= 11 is 0. The van der Waals surface area contributed by atoms with Crippen LogP contribution in [0.3, 0.4) is 0 Å². The summed E-state index contributed by atoms with van der Waals surface area (Å²) in [5.74, 6) is 1.95. The summed E-state index contributed by atoms with van der Waals surface area (Å²) in [6.07, 6.45) is 10.8. The number of likely N-dealkylation sites (tertiary alicyclic amines) is 1. The average molecular weight is 586 g/mol. The van der Waals surface area contributed by atoms with Crippen molar-refractivity contribution >= 4 is 32.7 Å². The molecule has 1 unspecified atom stereocenters. The van der Waals surface area contributed by atoms with Crippen LogP contribution in [0.15, 0.2) is 66.1 Å². The van der Waals surface area contributed by atoms with Gasteiger partial charge in [0.15, 0.2) is 6.20 Å². The van der Waals surface area contributed by atoms with Crippen LogP contribution in [-0.4, -0.2) is 88.1 Å². The van der Waals surface area contributed by atoms with Crippen LogP contribution < -0.4 is 4.73 Å². The number of aromatic amines is 1. The topological polar surface area (TPSA) is 147 Å². The average Bonchev–Trinajstić information content (AvgIpc) is 3.63. The Bertz CT molecular complexity index is 1830. The number of carbonyl (C=O) groups is 2. The van der Waals surface area contributed by atoms with E-state index >= 15 is 0 Å². The molecule has 13 heteroatoms. The van der Waals surface area contributed by atoms with Crippen molar-refractivity contribution in [1.82, 2.24) is 29.1 Å². The first-order chi connectivity index (χ1) is 20.2. The number of rotatable bonds is 6. The minimum absolute atomic E-state index is 0.0128. The maximum Gasteiger partial charge on any atom is 0.292 e. The van der Waals surface area contributed by atoms with Crippen LogP contribution in [0.25, 0.3) is 22.2 Å². The van der Waals surface area contributed by atoms with Crippen molar-refractivity contribution in [2.75, 3.05) is 32.7 Å². The van der Waals surface area contributed by atoms with Gasteiger partial charge in [-0.15, -0.1) is 6.42 Å². The van der Waals surface area contributed by atoms with Crippen molar-refractivity contribution in [1.29, 1.82) is 0 Å². The summed E-state index contributed by atoms with van der Waals surface area (Å²) in [5.41, 5.74) is 2.07. The van der Waals surface area contributed by atoms with E-state index in [0.717, 1.165) is 0 Å². The van der Waals surface area contributed by atoms with E-state index in [1.165, 1.54) is 27.8 Å². The molecular weight excluding hydrogens is 558 g/mol. The van der Waals surface area contributed by atoms with Crippen molar-refractivity contribution < 1.29 is 22.7 Å². The number of aromatic nitrogens is 4. The molecule has 0 bridgehead atoms. The molecule has 5 heterocycles. The number of hydrogen-bond acceptors (Lipinski definition) is 7. The van der Waals surface area contributed by atoms with Crippen molar-refractivity contribution in [2.45, 2.75) is 23.9 Å². The number of benzene rings is 1. The molecule has 3 aromatic heterocycles. The minimum Gasteiger partial charge on any atom is -0.618 e. The Hall–Kier alpha value is -4.80. The molecule has 2 saturated heterocycles. The van der Waals surface area contributed by atoms with E-state index in [4.69, 9.17) is 6.42 Å². The molecule has 214 valence electrons. The maximum atomic E-state index is 13.7. The van der Waals surface area contributed by atoms with Crippen LogP contribution in [0, 0.1) is 17.6 Å². The molecule has 6 rings (SSSR count). The van der Waals surface area contributed by atoms with E-state index < -0.39 is 22.0 Å². The minimum atomic E-state index is -3.96. The van der Waals surface area contributed by atoms with Crippen LogP contribution in [0.2, 0.25) is 0 Å². The highest BCUT2D eigenvalue weighted by molar-refractivity contribution is 7.89. The molecule has 1 aromatic carbocycles. The summed E-state index contributed by atoms with van der Waals surface area (Å²) < 4.78 is 29.5. The third kappa shape index (κ3) is 5.06. The Balaban J connectivity index is 1.26. The first-order valence-corrected chi connectivity index (χ1v) is 14.9. The standard InChI is InChI=1S/C29H27N7O5S/c1-2-20-8-9-24-21(14-20)15-26(32-24)42(40,41)34-12-13-35(23(19-34)18-33-10-5-7-27(33)37)29(38)28-30-16-22(17-31-28)25-6-3-4-11-36(25)39/h1,3-4,6,8-9,11,14-17,23,32H,5,7,10,12-13,18-19H2. The van der Waals surface area contributed by atoms with Gasteiger partial charge in [-0.2, -0.15) is 9.04 Å². The highest BCUT2D eigenvalue weighted by atomic mass is 32.2. The van der Waals surface area contributed by atoms with E-state index in [9.17, 15) is 23.2 Å². The molecular formula is C29H27N7O5S. The third-order valence-corrected chi connectivity index (χ3v) is 9.44. The van der Waals surface area contributed by atoms with Gasteiger partial charge < -0.3 is 20.0 Å². The SMILES string of the molecule is C#Cc1ccc2[nH]c(S(=O)(=O)N3CCN(C(=O)c4ncc(-c5cccc[n+]5[O-])cn4)C(CN4CCCC4=O)C3)cc2c1. The Morgan fingerprint density at radius 1 is 1.14 bits per heavy atom. The van der Waals surface area contributed by atoms with Gasteiger partial charge in [0.05, 0.1) is 11.6 Å². The van der Waals surface area contributed by atoms with Gasteiger partial charge in [-0.25, -0.2) is 18.4 Å². The van der Waals surface area contributed by atoms with Gasteiger partial charge in [0.1, 0.15) is 5.03 Å². The second kappa shape index (κ2) is 10.9. The lowest BCUT2D eigenvalue weighted by Crippen LogP contribution is -2.60. The predicted octanol–water partition coefficient (Wildman–Crippen LogP) is 1.38. The normalized spacial score (nSPS) is 18.0. The second-order valence-electron chi connectivity index (χ2n) is 10.2. The highest BCUT2D eigenvalue weighted by Crippen LogP contribution is 2.26. The Labute approximate surface area is 242 Å². The number of nitrogens with zero attached hydrogens (tertiary/aromatic N) is 6. The lowest BCUT2D eigenvalue weighted by molar-refractivity contribution is -0.593. The monoisotopic (exact) mass is 585 g/mol. The lowest BCUT2D eigenvalue weighted by Gasteiger charge is -2.41. The van der Waals surface area contributed by atoms with E-state index in [1.807, 2.05) is 0 Å². The number of carbonyl (C=O) groups excluding carboxylic acids is 2. The predicted molar refractivity (Wildman–Crippen MR) is 152 cm³/mol. The number of nitrogens with one attached hydrogen (secondary N) is 1. The Kier molecular flexibility index (Phi) is 7.09. The molecule has 2 amide bonds. The fraction of sp³-hybridized carbons (Fsp3) is 0.276. The fourth-order valence-electron chi connectivity index (χ4n) is 5.45. The molecule has 1 atom stereocenters. The second-order valence-corrected chi connectivity index (χ2v) is 12.2. The fourth-order valence-corrected chi connectivity index (χ4v) is 6.93. The number of H-pyrrole nitrogens is 1. The van der Waals surface area contributed by atoms with Gasteiger partial charge in [0, 0.05) is 80.1 Å². The molecule has 2 aliphatic rings. The molecule has 2 fully saturated rings. The zero-order chi connectivity index (χ0) is 29.4. The van der Waals surface area contributed by atoms with Gasteiger partial charge in [0.25, 0.3) is 15.9 Å². The summed E-state index contributed by atoms with van der Waals surface area (Å²) in [7, 11) is -3.96. The van der Waals surface area contributed by atoms with Crippen molar-refractivity contribution in [3.8, 4) is 23.6 Å². The van der Waals surface area contributed by atoms with E-state index in [2.05, 4.69) is 20.9 Å².